The lowest BCUT2D eigenvalue weighted by atomic mass is 9.83. The van der Waals surface area contributed by atoms with Gasteiger partial charge in [-0.2, -0.15) is 0 Å². The van der Waals surface area contributed by atoms with Gasteiger partial charge in [0.15, 0.2) is 0 Å². The van der Waals surface area contributed by atoms with Crippen LogP contribution >= 0.6 is 11.6 Å². The highest BCUT2D eigenvalue weighted by Crippen LogP contribution is 2.29. The van der Waals surface area contributed by atoms with Crippen LogP contribution < -0.4 is 5.14 Å². The van der Waals surface area contributed by atoms with Gasteiger partial charge in [-0.1, -0.05) is 30.9 Å². The van der Waals surface area contributed by atoms with Crippen LogP contribution in [0, 0.1) is 11.7 Å². The predicted octanol–water partition coefficient (Wildman–Crippen LogP) is 2.47. The summed E-state index contributed by atoms with van der Waals surface area (Å²) >= 11 is 5.61. The van der Waals surface area contributed by atoms with E-state index in [2.05, 4.69) is 0 Å². The standard InChI is InChI=1S/C13H15ClFNO4S/c14-10-7-11(15)9(6-12(10)21(16,18)19)13(17)20-5-4-8-2-1-3-8/h6-8H,1-5H2,(H2,16,18,19). The Morgan fingerprint density at radius 2 is 2.10 bits per heavy atom. The van der Waals surface area contributed by atoms with Gasteiger partial charge < -0.3 is 4.74 Å². The number of carbonyl (C=O) groups excluding carboxylic acids is 1. The van der Waals surface area contributed by atoms with E-state index < -0.39 is 32.3 Å². The summed E-state index contributed by atoms with van der Waals surface area (Å²) in [5.41, 5.74) is -0.489. The summed E-state index contributed by atoms with van der Waals surface area (Å²) in [6, 6.07) is 1.54. The molecular formula is C13H15ClFNO4S. The van der Waals surface area contributed by atoms with Gasteiger partial charge in [0.25, 0.3) is 0 Å². The molecule has 0 saturated heterocycles. The highest BCUT2D eigenvalue weighted by atomic mass is 35.5. The summed E-state index contributed by atoms with van der Waals surface area (Å²) in [6.07, 6.45) is 4.13. The van der Waals surface area contributed by atoms with Crippen molar-refractivity contribution < 1.29 is 22.3 Å². The van der Waals surface area contributed by atoms with Gasteiger partial charge in [-0.25, -0.2) is 22.7 Å². The number of sulfonamides is 1. The molecule has 1 aromatic carbocycles. The van der Waals surface area contributed by atoms with Crippen molar-refractivity contribution in [3.05, 3.63) is 28.5 Å². The highest BCUT2D eigenvalue weighted by molar-refractivity contribution is 7.89. The Kier molecular flexibility index (Phi) is 4.85. The first-order chi connectivity index (χ1) is 9.79. The SMILES string of the molecule is NS(=O)(=O)c1cc(C(=O)OCCC2CCC2)c(F)cc1Cl. The van der Waals surface area contributed by atoms with E-state index in [1.807, 2.05) is 0 Å². The van der Waals surface area contributed by atoms with Gasteiger partial charge in [0, 0.05) is 0 Å². The fourth-order valence-corrected chi connectivity index (χ4v) is 3.17. The Morgan fingerprint density at radius 1 is 1.43 bits per heavy atom. The number of rotatable bonds is 5. The molecule has 1 aromatic rings. The van der Waals surface area contributed by atoms with Crippen LogP contribution in [0.15, 0.2) is 17.0 Å². The Bertz CT molecular complexity index is 658. The molecule has 2 rings (SSSR count). The van der Waals surface area contributed by atoms with Crippen LogP contribution in [0.5, 0.6) is 0 Å². The van der Waals surface area contributed by atoms with Crippen LogP contribution in [-0.2, 0) is 14.8 Å². The minimum atomic E-state index is -4.14. The van der Waals surface area contributed by atoms with Crippen LogP contribution in [0.25, 0.3) is 0 Å². The zero-order valence-corrected chi connectivity index (χ0v) is 12.7. The van der Waals surface area contributed by atoms with Gasteiger partial charge in [0.05, 0.1) is 17.2 Å². The van der Waals surface area contributed by atoms with Crippen LogP contribution in [-0.4, -0.2) is 21.0 Å². The Balaban J connectivity index is 2.12. The highest BCUT2D eigenvalue weighted by Gasteiger charge is 2.22. The minimum Gasteiger partial charge on any atom is -0.462 e. The van der Waals surface area contributed by atoms with E-state index in [1.54, 1.807) is 0 Å². The van der Waals surface area contributed by atoms with E-state index in [0.29, 0.717) is 5.92 Å². The lowest BCUT2D eigenvalue weighted by molar-refractivity contribution is 0.0459. The molecule has 1 saturated carbocycles. The quantitative estimate of drug-likeness (QED) is 0.837. The maximum atomic E-state index is 13.7. The number of primary sulfonamides is 1. The molecule has 2 N–H and O–H groups in total. The molecule has 0 spiro atoms. The molecule has 0 radical (unpaired) electrons. The molecule has 1 fully saturated rings. The first kappa shape index (κ1) is 16.2. The molecular weight excluding hydrogens is 321 g/mol. The number of nitrogens with two attached hydrogens (primary N) is 1. The van der Waals surface area contributed by atoms with Gasteiger partial charge in [0.2, 0.25) is 10.0 Å². The van der Waals surface area contributed by atoms with E-state index in [0.717, 1.165) is 31.4 Å². The monoisotopic (exact) mass is 335 g/mol. The number of benzene rings is 1. The topological polar surface area (TPSA) is 86.5 Å². The van der Waals surface area contributed by atoms with Gasteiger partial charge >= 0.3 is 5.97 Å². The molecule has 0 atom stereocenters. The molecule has 0 unspecified atom stereocenters. The average Bonchev–Trinajstić information content (AvgIpc) is 2.30. The van der Waals surface area contributed by atoms with Gasteiger partial charge in [-0.15, -0.1) is 0 Å². The Hall–Kier alpha value is -1.18. The maximum Gasteiger partial charge on any atom is 0.341 e. The molecule has 21 heavy (non-hydrogen) atoms. The van der Waals surface area contributed by atoms with Crippen LogP contribution in [0.3, 0.4) is 0 Å². The van der Waals surface area contributed by atoms with Gasteiger partial charge in [-0.05, 0) is 24.5 Å². The first-order valence-corrected chi connectivity index (χ1v) is 8.40. The van der Waals surface area contributed by atoms with Crippen molar-refractivity contribution in [1.82, 2.24) is 0 Å². The number of hydrogen-bond acceptors (Lipinski definition) is 4. The van der Waals surface area contributed by atoms with Gasteiger partial charge in [0.1, 0.15) is 10.7 Å². The second kappa shape index (κ2) is 6.29. The molecule has 1 aliphatic rings. The minimum absolute atomic E-state index is 0.177. The second-order valence-corrected chi connectivity index (χ2v) is 6.97. The molecule has 0 aliphatic heterocycles. The van der Waals surface area contributed by atoms with Crippen molar-refractivity contribution in [2.45, 2.75) is 30.6 Å². The normalized spacial score (nSPS) is 15.6. The molecule has 116 valence electrons. The third-order valence-electron chi connectivity index (χ3n) is 3.53. The van der Waals surface area contributed by atoms with E-state index in [9.17, 15) is 17.6 Å². The molecule has 0 heterocycles. The molecule has 5 nitrogen and oxygen atoms in total. The number of esters is 1. The second-order valence-electron chi connectivity index (χ2n) is 5.03. The molecule has 8 heteroatoms. The Labute approximate surface area is 127 Å². The summed E-state index contributed by atoms with van der Waals surface area (Å²) in [5, 5.41) is 4.58. The predicted molar refractivity (Wildman–Crippen MR) is 75.0 cm³/mol. The van der Waals surface area contributed by atoms with Crippen molar-refractivity contribution in [3.63, 3.8) is 0 Å². The largest absolute Gasteiger partial charge is 0.462 e. The summed E-state index contributed by atoms with van der Waals surface area (Å²) in [4.78, 5) is 11.3. The fraction of sp³-hybridized carbons (Fsp3) is 0.462. The Morgan fingerprint density at radius 3 is 2.62 bits per heavy atom. The molecule has 1 aliphatic carbocycles. The zero-order chi connectivity index (χ0) is 15.6. The van der Waals surface area contributed by atoms with Crippen LogP contribution in [0.4, 0.5) is 4.39 Å². The molecule has 0 aromatic heterocycles. The van der Waals surface area contributed by atoms with Crippen molar-refractivity contribution in [2.24, 2.45) is 11.1 Å². The summed E-state index contributed by atoms with van der Waals surface area (Å²) in [7, 11) is -4.14. The smallest absolute Gasteiger partial charge is 0.341 e. The van der Waals surface area contributed by atoms with E-state index in [-0.39, 0.29) is 11.6 Å². The molecule has 0 bridgehead atoms. The third-order valence-corrected chi connectivity index (χ3v) is 4.91. The van der Waals surface area contributed by atoms with Gasteiger partial charge in [-0.3, -0.25) is 0 Å². The van der Waals surface area contributed by atoms with Crippen molar-refractivity contribution >= 4 is 27.6 Å². The maximum absolute atomic E-state index is 13.7. The first-order valence-electron chi connectivity index (χ1n) is 6.48. The number of carbonyl (C=O) groups is 1. The van der Waals surface area contributed by atoms with Crippen molar-refractivity contribution in [2.75, 3.05) is 6.61 Å². The van der Waals surface area contributed by atoms with E-state index in [1.165, 1.54) is 6.42 Å². The number of ether oxygens (including phenoxy) is 1. The summed E-state index contributed by atoms with van der Waals surface area (Å²) < 4.78 is 41.3. The third kappa shape index (κ3) is 3.93. The average molecular weight is 336 g/mol. The lowest BCUT2D eigenvalue weighted by Crippen LogP contribution is -2.17. The number of halogens is 2. The van der Waals surface area contributed by atoms with E-state index >= 15 is 0 Å². The fourth-order valence-electron chi connectivity index (χ4n) is 2.08. The van der Waals surface area contributed by atoms with Crippen molar-refractivity contribution in [3.8, 4) is 0 Å². The zero-order valence-electron chi connectivity index (χ0n) is 11.1. The van der Waals surface area contributed by atoms with Crippen molar-refractivity contribution in [1.29, 1.82) is 0 Å². The summed E-state index contributed by atoms with van der Waals surface area (Å²) in [6.45, 7) is 0.177. The lowest BCUT2D eigenvalue weighted by Gasteiger charge is -2.24. The molecule has 0 amide bonds. The van der Waals surface area contributed by atoms with Crippen LogP contribution in [0.2, 0.25) is 5.02 Å². The van der Waals surface area contributed by atoms with E-state index in [4.69, 9.17) is 21.5 Å². The number of hydrogen-bond donors (Lipinski definition) is 1. The summed E-state index contributed by atoms with van der Waals surface area (Å²) in [5.74, 6) is -1.32. The van der Waals surface area contributed by atoms with Crippen LogP contribution in [0.1, 0.15) is 36.0 Å².